The molecule has 0 radical (unpaired) electrons. The van der Waals surface area contributed by atoms with E-state index in [1.54, 1.807) is 13.8 Å². The van der Waals surface area contributed by atoms with E-state index < -0.39 is 11.6 Å². The molecule has 0 aliphatic carbocycles. The van der Waals surface area contributed by atoms with Gasteiger partial charge in [-0.3, -0.25) is 4.79 Å². The Kier molecular flexibility index (Phi) is 4.95. The highest BCUT2D eigenvalue weighted by Crippen LogP contribution is 2.01. The second-order valence-corrected chi connectivity index (χ2v) is 4.03. The molecule has 0 aromatic rings. The van der Waals surface area contributed by atoms with Crippen molar-refractivity contribution in [1.82, 2.24) is 5.32 Å². The van der Waals surface area contributed by atoms with Crippen LogP contribution in [-0.4, -0.2) is 34.4 Å². The van der Waals surface area contributed by atoms with Gasteiger partial charge in [0, 0.05) is 19.0 Å². The van der Waals surface area contributed by atoms with Crippen LogP contribution in [0.2, 0.25) is 0 Å². The average Bonchev–Trinajstić information content (AvgIpc) is 1.95. The number of carboxylic acids is 1. The van der Waals surface area contributed by atoms with E-state index in [1.807, 2.05) is 6.92 Å². The predicted molar refractivity (Wildman–Crippen MR) is 50.6 cm³/mol. The summed E-state index contributed by atoms with van der Waals surface area (Å²) in [5.41, 5.74) is -0.739. The van der Waals surface area contributed by atoms with E-state index in [1.165, 1.54) is 0 Å². The number of nitrogens with one attached hydrogen (secondary N) is 1. The standard InChI is InChI=1S/C9H19NO3/c1-7(4-5-8(11)12)10-6-9(2,3)13/h7,10,13H,4-6H2,1-3H3,(H,11,12). The van der Waals surface area contributed by atoms with Gasteiger partial charge in [0.05, 0.1) is 5.60 Å². The first kappa shape index (κ1) is 12.4. The Balaban J connectivity index is 3.52. The van der Waals surface area contributed by atoms with Crippen LogP contribution in [0.1, 0.15) is 33.6 Å². The Bertz CT molecular complexity index is 163. The van der Waals surface area contributed by atoms with E-state index in [2.05, 4.69) is 5.32 Å². The topological polar surface area (TPSA) is 69.6 Å². The number of aliphatic hydroxyl groups is 1. The molecule has 78 valence electrons. The number of carboxylic acid groups (broad SMARTS) is 1. The van der Waals surface area contributed by atoms with Crippen molar-refractivity contribution in [3.8, 4) is 0 Å². The van der Waals surface area contributed by atoms with E-state index >= 15 is 0 Å². The van der Waals surface area contributed by atoms with E-state index in [-0.39, 0.29) is 12.5 Å². The SMILES string of the molecule is CC(CCC(=O)O)NCC(C)(C)O. The van der Waals surface area contributed by atoms with Crippen LogP contribution in [0.3, 0.4) is 0 Å². The van der Waals surface area contributed by atoms with Crippen molar-refractivity contribution < 1.29 is 15.0 Å². The molecule has 0 spiro atoms. The van der Waals surface area contributed by atoms with E-state index in [0.29, 0.717) is 13.0 Å². The third kappa shape index (κ3) is 9.30. The molecule has 0 rings (SSSR count). The molecule has 1 atom stereocenters. The smallest absolute Gasteiger partial charge is 0.303 e. The normalized spacial score (nSPS) is 14.2. The molecule has 0 aliphatic rings. The fourth-order valence-electron chi connectivity index (χ4n) is 0.866. The van der Waals surface area contributed by atoms with Gasteiger partial charge in [-0.1, -0.05) is 0 Å². The molecule has 0 aromatic carbocycles. The summed E-state index contributed by atoms with van der Waals surface area (Å²) < 4.78 is 0. The van der Waals surface area contributed by atoms with Crippen molar-refractivity contribution in [2.24, 2.45) is 0 Å². The largest absolute Gasteiger partial charge is 0.481 e. The second kappa shape index (κ2) is 5.19. The van der Waals surface area contributed by atoms with Gasteiger partial charge in [-0.15, -0.1) is 0 Å². The number of carbonyl (C=O) groups is 1. The van der Waals surface area contributed by atoms with Gasteiger partial charge in [-0.05, 0) is 27.2 Å². The maximum Gasteiger partial charge on any atom is 0.303 e. The van der Waals surface area contributed by atoms with Gasteiger partial charge in [0.15, 0.2) is 0 Å². The van der Waals surface area contributed by atoms with Crippen molar-refractivity contribution in [1.29, 1.82) is 0 Å². The van der Waals surface area contributed by atoms with Crippen LogP contribution in [0.4, 0.5) is 0 Å². The molecular formula is C9H19NO3. The zero-order valence-electron chi connectivity index (χ0n) is 8.50. The molecule has 0 bridgehead atoms. The summed E-state index contributed by atoms with van der Waals surface area (Å²) in [6, 6.07) is 0.127. The lowest BCUT2D eigenvalue weighted by atomic mass is 10.1. The molecule has 0 saturated carbocycles. The van der Waals surface area contributed by atoms with Crippen LogP contribution in [0, 0.1) is 0 Å². The maximum atomic E-state index is 10.2. The van der Waals surface area contributed by atoms with Crippen LogP contribution < -0.4 is 5.32 Å². The quantitative estimate of drug-likeness (QED) is 0.572. The molecule has 0 aliphatic heterocycles. The van der Waals surface area contributed by atoms with E-state index in [4.69, 9.17) is 5.11 Å². The maximum absolute atomic E-state index is 10.2. The minimum absolute atomic E-state index is 0.127. The fraction of sp³-hybridized carbons (Fsp3) is 0.889. The molecular weight excluding hydrogens is 170 g/mol. The third-order valence-corrected chi connectivity index (χ3v) is 1.67. The van der Waals surface area contributed by atoms with Crippen molar-refractivity contribution in [3.63, 3.8) is 0 Å². The lowest BCUT2D eigenvalue weighted by molar-refractivity contribution is -0.137. The number of hydrogen-bond donors (Lipinski definition) is 3. The van der Waals surface area contributed by atoms with Gasteiger partial charge in [0.25, 0.3) is 0 Å². The third-order valence-electron chi connectivity index (χ3n) is 1.67. The summed E-state index contributed by atoms with van der Waals surface area (Å²) in [4.78, 5) is 10.2. The summed E-state index contributed by atoms with van der Waals surface area (Å²) >= 11 is 0. The van der Waals surface area contributed by atoms with Crippen molar-refractivity contribution in [2.45, 2.75) is 45.3 Å². The minimum atomic E-state index is -0.781. The van der Waals surface area contributed by atoms with Gasteiger partial charge in [0.2, 0.25) is 0 Å². The van der Waals surface area contributed by atoms with Crippen molar-refractivity contribution in [3.05, 3.63) is 0 Å². The number of aliphatic carboxylic acids is 1. The van der Waals surface area contributed by atoms with Gasteiger partial charge >= 0.3 is 5.97 Å². The van der Waals surface area contributed by atoms with E-state index in [0.717, 1.165) is 0 Å². The fourth-order valence-corrected chi connectivity index (χ4v) is 0.866. The van der Waals surface area contributed by atoms with Gasteiger partial charge in [-0.25, -0.2) is 0 Å². The molecule has 0 heterocycles. The summed E-state index contributed by atoms with van der Waals surface area (Å²) in [5.74, 6) is -0.781. The first-order valence-corrected chi connectivity index (χ1v) is 4.49. The van der Waals surface area contributed by atoms with Gasteiger partial charge in [0.1, 0.15) is 0 Å². The molecule has 0 amide bonds. The average molecular weight is 189 g/mol. The Labute approximate surface area is 79.0 Å². The Morgan fingerprint density at radius 2 is 2.08 bits per heavy atom. The Hall–Kier alpha value is -0.610. The summed E-state index contributed by atoms with van der Waals surface area (Å²) in [6.45, 7) is 5.82. The molecule has 0 saturated heterocycles. The first-order chi connectivity index (χ1) is 5.81. The van der Waals surface area contributed by atoms with Crippen LogP contribution in [0.25, 0.3) is 0 Å². The summed E-state index contributed by atoms with van der Waals surface area (Å²) in [6.07, 6.45) is 0.755. The zero-order valence-corrected chi connectivity index (χ0v) is 8.50. The highest BCUT2D eigenvalue weighted by Gasteiger charge is 2.13. The van der Waals surface area contributed by atoms with Crippen molar-refractivity contribution in [2.75, 3.05) is 6.54 Å². The number of rotatable bonds is 6. The van der Waals surface area contributed by atoms with Crippen molar-refractivity contribution >= 4 is 5.97 Å². The molecule has 0 aromatic heterocycles. The van der Waals surface area contributed by atoms with Crippen LogP contribution in [0.15, 0.2) is 0 Å². The van der Waals surface area contributed by atoms with Crippen LogP contribution >= 0.6 is 0 Å². The van der Waals surface area contributed by atoms with Gasteiger partial charge in [-0.2, -0.15) is 0 Å². The summed E-state index contributed by atoms with van der Waals surface area (Å²) in [7, 11) is 0. The van der Waals surface area contributed by atoms with Crippen LogP contribution in [0.5, 0.6) is 0 Å². The Morgan fingerprint density at radius 1 is 1.54 bits per heavy atom. The second-order valence-electron chi connectivity index (χ2n) is 4.03. The molecule has 4 nitrogen and oxygen atoms in total. The lowest BCUT2D eigenvalue weighted by Crippen LogP contribution is -2.39. The van der Waals surface area contributed by atoms with Gasteiger partial charge < -0.3 is 15.5 Å². The summed E-state index contributed by atoms with van der Waals surface area (Å²) in [5, 5.41) is 20.8. The van der Waals surface area contributed by atoms with E-state index in [9.17, 15) is 9.90 Å². The monoisotopic (exact) mass is 189 g/mol. The molecule has 1 unspecified atom stereocenters. The molecule has 4 heteroatoms. The molecule has 13 heavy (non-hydrogen) atoms. The highest BCUT2D eigenvalue weighted by atomic mass is 16.4. The zero-order chi connectivity index (χ0) is 10.5. The van der Waals surface area contributed by atoms with Crippen LogP contribution in [-0.2, 0) is 4.79 Å². The lowest BCUT2D eigenvalue weighted by Gasteiger charge is -2.21. The Morgan fingerprint density at radius 3 is 2.46 bits per heavy atom. The highest BCUT2D eigenvalue weighted by molar-refractivity contribution is 5.66. The predicted octanol–water partition coefficient (Wildman–Crippen LogP) is 0.600. The first-order valence-electron chi connectivity index (χ1n) is 4.49. The number of hydrogen-bond acceptors (Lipinski definition) is 3. The molecule has 3 N–H and O–H groups in total. The minimum Gasteiger partial charge on any atom is -0.481 e. The molecule has 0 fully saturated rings.